The predicted molar refractivity (Wildman–Crippen MR) is 183 cm³/mol. The van der Waals surface area contributed by atoms with Gasteiger partial charge in [0.15, 0.2) is 11.0 Å². The van der Waals surface area contributed by atoms with Crippen molar-refractivity contribution in [3.8, 4) is 22.9 Å². The molecule has 0 spiro atoms. The van der Waals surface area contributed by atoms with Gasteiger partial charge in [-0.3, -0.25) is 14.2 Å². The van der Waals surface area contributed by atoms with Gasteiger partial charge in [-0.15, -0.1) is 10.2 Å². The fourth-order valence-electron chi connectivity index (χ4n) is 5.42. The molecule has 1 N–H and O–H groups in total. The first-order chi connectivity index (χ1) is 23.9. The lowest BCUT2D eigenvalue weighted by Crippen LogP contribution is -2.28. The lowest BCUT2D eigenvalue weighted by molar-refractivity contribution is -0.130. The van der Waals surface area contributed by atoms with Gasteiger partial charge in [-0.05, 0) is 83.9 Å². The van der Waals surface area contributed by atoms with E-state index in [1.807, 2.05) is 48.5 Å². The van der Waals surface area contributed by atoms with Gasteiger partial charge in [-0.2, -0.15) is 5.10 Å². The van der Waals surface area contributed by atoms with Crippen molar-refractivity contribution in [2.45, 2.75) is 24.2 Å². The molecule has 0 saturated heterocycles. The minimum atomic E-state index is -0.406. The van der Waals surface area contributed by atoms with Crippen LogP contribution in [-0.4, -0.2) is 64.4 Å². The highest BCUT2D eigenvalue weighted by Crippen LogP contribution is 2.35. The zero-order valence-corrected chi connectivity index (χ0v) is 27.8. The number of hydrogen-bond acceptors (Lipinski definition) is 9. The number of nitrogens with zero attached hydrogens (tertiary/aromatic N) is 5. The Hall–Kier alpha value is -5.69. The Labute approximate surface area is 286 Å². The average molecular weight is 681 g/mol. The Bertz CT molecular complexity index is 1970. The van der Waals surface area contributed by atoms with Gasteiger partial charge < -0.3 is 19.5 Å². The molecule has 0 unspecified atom stereocenters. The SMILES string of the molecule is COc1ccc(C2=NN(C(=O)CSc3nnc(CNC(=O)c4ccccc4OC)n3-c3ccc(F)cc3)[C@H](c3ccc(OC)cc3)C2)cc1. The molecule has 250 valence electrons. The van der Waals surface area contributed by atoms with Crippen LogP contribution in [0.15, 0.2) is 107 Å². The minimum absolute atomic E-state index is 0.0109. The average Bonchev–Trinajstić information content (AvgIpc) is 3.78. The molecular formula is C36H33FN6O5S. The van der Waals surface area contributed by atoms with Gasteiger partial charge >= 0.3 is 0 Å². The van der Waals surface area contributed by atoms with Gasteiger partial charge in [0.25, 0.3) is 11.8 Å². The highest BCUT2D eigenvalue weighted by Gasteiger charge is 2.33. The maximum atomic E-state index is 13.9. The third-order valence-corrected chi connectivity index (χ3v) is 8.87. The van der Waals surface area contributed by atoms with Gasteiger partial charge in [-0.25, -0.2) is 9.40 Å². The summed E-state index contributed by atoms with van der Waals surface area (Å²) in [4.78, 5) is 26.9. The molecule has 2 heterocycles. The summed E-state index contributed by atoms with van der Waals surface area (Å²) in [6.07, 6.45) is 0.511. The van der Waals surface area contributed by atoms with E-state index in [0.717, 1.165) is 22.6 Å². The van der Waals surface area contributed by atoms with Crippen molar-refractivity contribution in [1.82, 2.24) is 25.1 Å². The number of nitrogens with one attached hydrogen (secondary N) is 1. The maximum Gasteiger partial charge on any atom is 0.255 e. The van der Waals surface area contributed by atoms with Crippen molar-refractivity contribution in [1.29, 1.82) is 0 Å². The molecule has 4 aromatic carbocycles. The molecule has 1 aliphatic rings. The monoisotopic (exact) mass is 680 g/mol. The molecule has 0 aliphatic carbocycles. The summed E-state index contributed by atoms with van der Waals surface area (Å²) in [5.41, 5.74) is 3.50. The van der Waals surface area contributed by atoms with Crippen LogP contribution in [0.4, 0.5) is 4.39 Å². The van der Waals surface area contributed by atoms with Crippen molar-refractivity contribution in [3.63, 3.8) is 0 Å². The van der Waals surface area contributed by atoms with Crippen LogP contribution in [0.2, 0.25) is 0 Å². The van der Waals surface area contributed by atoms with Crippen molar-refractivity contribution >= 4 is 29.3 Å². The zero-order valence-electron chi connectivity index (χ0n) is 27.0. The van der Waals surface area contributed by atoms with E-state index in [0.29, 0.717) is 40.2 Å². The number of benzene rings is 4. The molecule has 0 radical (unpaired) electrons. The number of ether oxygens (including phenoxy) is 3. The van der Waals surface area contributed by atoms with Crippen molar-refractivity contribution in [2.75, 3.05) is 27.1 Å². The summed E-state index contributed by atoms with van der Waals surface area (Å²) in [5, 5.41) is 18.2. The van der Waals surface area contributed by atoms with Crippen LogP contribution >= 0.6 is 11.8 Å². The zero-order chi connectivity index (χ0) is 34.3. The second-order valence-electron chi connectivity index (χ2n) is 10.9. The number of thioether (sulfide) groups is 1. The highest BCUT2D eigenvalue weighted by molar-refractivity contribution is 7.99. The quantitative estimate of drug-likeness (QED) is 0.164. The molecule has 2 amide bonds. The van der Waals surface area contributed by atoms with Gasteiger partial charge in [0, 0.05) is 12.1 Å². The number of hydrazone groups is 1. The van der Waals surface area contributed by atoms with Crippen LogP contribution in [-0.2, 0) is 11.3 Å². The van der Waals surface area contributed by atoms with Gasteiger partial charge in [0.2, 0.25) is 0 Å². The molecule has 11 nitrogen and oxygen atoms in total. The largest absolute Gasteiger partial charge is 0.497 e. The van der Waals surface area contributed by atoms with Crippen LogP contribution < -0.4 is 19.5 Å². The van der Waals surface area contributed by atoms with Gasteiger partial charge in [0.1, 0.15) is 23.1 Å². The molecule has 0 saturated carbocycles. The van der Waals surface area contributed by atoms with Crippen LogP contribution in [0.1, 0.15) is 39.8 Å². The van der Waals surface area contributed by atoms with E-state index < -0.39 is 5.82 Å². The number of methoxy groups -OCH3 is 3. The van der Waals surface area contributed by atoms with E-state index in [9.17, 15) is 14.0 Å². The maximum absolute atomic E-state index is 13.9. The van der Waals surface area contributed by atoms with E-state index in [-0.39, 0.29) is 30.2 Å². The first-order valence-corrected chi connectivity index (χ1v) is 16.3. The Balaban J connectivity index is 1.25. The number of carbonyl (C=O) groups excluding carboxylic acids is 2. The van der Waals surface area contributed by atoms with E-state index in [2.05, 4.69) is 15.5 Å². The van der Waals surface area contributed by atoms with E-state index >= 15 is 0 Å². The smallest absolute Gasteiger partial charge is 0.255 e. The molecule has 0 bridgehead atoms. The molecule has 5 aromatic rings. The Morgan fingerprint density at radius 3 is 2.20 bits per heavy atom. The number of amides is 2. The Morgan fingerprint density at radius 1 is 0.857 bits per heavy atom. The Kier molecular flexibility index (Phi) is 10.2. The first-order valence-electron chi connectivity index (χ1n) is 15.3. The summed E-state index contributed by atoms with van der Waals surface area (Å²) in [7, 11) is 4.71. The van der Waals surface area contributed by atoms with E-state index in [1.54, 1.807) is 55.2 Å². The van der Waals surface area contributed by atoms with E-state index in [4.69, 9.17) is 19.3 Å². The lowest BCUT2D eigenvalue weighted by atomic mass is 9.98. The minimum Gasteiger partial charge on any atom is -0.497 e. The molecule has 13 heteroatoms. The van der Waals surface area contributed by atoms with Crippen LogP contribution in [0.25, 0.3) is 5.69 Å². The first kappa shape index (κ1) is 33.2. The molecule has 1 atom stereocenters. The number of para-hydroxylation sites is 1. The normalized spacial score (nSPS) is 13.9. The molecular weight excluding hydrogens is 647 g/mol. The summed E-state index contributed by atoms with van der Waals surface area (Å²) >= 11 is 1.17. The van der Waals surface area contributed by atoms with Crippen molar-refractivity contribution in [2.24, 2.45) is 5.10 Å². The third kappa shape index (κ3) is 7.41. The summed E-state index contributed by atoms with van der Waals surface area (Å²) in [6.45, 7) is 0.0109. The fourth-order valence-corrected chi connectivity index (χ4v) is 6.24. The predicted octanol–water partition coefficient (Wildman–Crippen LogP) is 5.83. The second-order valence-corrected chi connectivity index (χ2v) is 11.8. The van der Waals surface area contributed by atoms with Crippen LogP contribution in [0, 0.1) is 5.82 Å². The standard InChI is InChI=1S/C36H33FN6O5S/c1-46-27-16-8-23(9-17-27)30-20-31(24-10-18-28(47-2)19-11-24)43(41-30)34(44)22-49-36-40-39-33(42(36)26-14-12-25(37)13-15-26)21-38-35(45)29-6-4-5-7-32(29)48-3/h4-19,31H,20-22H2,1-3H3,(H,38,45)/t31-/m0/s1. The molecule has 0 fully saturated rings. The topological polar surface area (TPSA) is 120 Å². The lowest BCUT2D eigenvalue weighted by Gasteiger charge is -2.22. The van der Waals surface area contributed by atoms with Gasteiger partial charge in [0.05, 0.1) is 50.9 Å². The van der Waals surface area contributed by atoms with Crippen molar-refractivity contribution < 1.29 is 28.2 Å². The number of aromatic nitrogens is 3. The van der Waals surface area contributed by atoms with E-state index in [1.165, 1.54) is 36.0 Å². The number of halogens is 1. The summed E-state index contributed by atoms with van der Waals surface area (Å²) < 4.78 is 31.5. The van der Waals surface area contributed by atoms with Crippen molar-refractivity contribution in [3.05, 3.63) is 125 Å². The third-order valence-electron chi connectivity index (χ3n) is 7.96. The van der Waals surface area contributed by atoms with Gasteiger partial charge in [-0.1, -0.05) is 36.0 Å². The number of rotatable bonds is 12. The number of carbonyl (C=O) groups is 2. The second kappa shape index (κ2) is 15.0. The fraction of sp³-hybridized carbons (Fsp3) is 0.194. The molecule has 49 heavy (non-hydrogen) atoms. The molecule has 1 aromatic heterocycles. The number of hydrogen-bond donors (Lipinski definition) is 1. The molecule has 1 aliphatic heterocycles. The highest BCUT2D eigenvalue weighted by atomic mass is 32.2. The van der Waals surface area contributed by atoms with Crippen LogP contribution in [0.5, 0.6) is 17.2 Å². The van der Waals surface area contributed by atoms with Crippen LogP contribution in [0.3, 0.4) is 0 Å². The summed E-state index contributed by atoms with van der Waals surface area (Å²) in [5.74, 6) is 1.23. The Morgan fingerprint density at radius 2 is 1.53 bits per heavy atom. The summed E-state index contributed by atoms with van der Waals surface area (Å²) in [6, 6.07) is 27.5. The molecule has 6 rings (SSSR count).